The van der Waals surface area contributed by atoms with Crippen LogP contribution in [-0.4, -0.2) is 19.6 Å². The van der Waals surface area contributed by atoms with Gasteiger partial charge >= 0.3 is 0 Å². The average molecular weight is 230 g/mol. The first-order chi connectivity index (χ1) is 8.24. The van der Waals surface area contributed by atoms with Gasteiger partial charge in [-0.3, -0.25) is 0 Å². The van der Waals surface area contributed by atoms with Gasteiger partial charge < -0.3 is 10.2 Å². The molecule has 3 rings (SSSR count). The van der Waals surface area contributed by atoms with E-state index in [0.29, 0.717) is 0 Å². The Bertz CT molecular complexity index is 405. The number of nitrogens with zero attached hydrogens (tertiary/aromatic N) is 1. The second-order valence-corrected chi connectivity index (χ2v) is 5.78. The van der Waals surface area contributed by atoms with Crippen LogP contribution in [0, 0.1) is 11.8 Å². The quantitative estimate of drug-likeness (QED) is 0.839. The molecule has 0 amide bonds. The summed E-state index contributed by atoms with van der Waals surface area (Å²) in [5.74, 6) is 1.72. The Morgan fingerprint density at radius 1 is 1.29 bits per heavy atom. The maximum absolute atomic E-state index is 3.47. The highest BCUT2D eigenvalue weighted by molar-refractivity contribution is 5.62. The minimum absolute atomic E-state index is 0.825. The fourth-order valence-corrected chi connectivity index (χ4v) is 2.80. The number of fused-ring (bicyclic) bond motifs is 1. The van der Waals surface area contributed by atoms with Crippen LogP contribution in [0.3, 0.4) is 0 Å². The predicted molar refractivity (Wildman–Crippen MR) is 73.8 cm³/mol. The van der Waals surface area contributed by atoms with Crippen molar-refractivity contribution >= 4 is 11.4 Å². The summed E-state index contributed by atoms with van der Waals surface area (Å²) in [7, 11) is 0. The smallest absolute Gasteiger partial charge is 0.0374 e. The molecule has 2 aliphatic rings. The van der Waals surface area contributed by atoms with Crippen molar-refractivity contribution in [3.8, 4) is 0 Å². The Balaban J connectivity index is 1.73. The molecule has 1 saturated heterocycles. The first-order valence-electron chi connectivity index (χ1n) is 6.86. The molecular formula is C15H22N2. The van der Waals surface area contributed by atoms with Crippen molar-refractivity contribution in [1.82, 2.24) is 0 Å². The van der Waals surface area contributed by atoms with Crippen LogP contribution in [0.15, 0.2) is 18.2 Å². The van der Waals surface area contributed by atoms with Gasteiger partial charge in [0.05, 0.1) is 0 Å². The zero-order chi connectivity index (χ0) is 11.8. The van der Waals surface area contributed by atoms with E-state index in [1.807, 2.05) is 0 Å². The van der Waals surface area contributed by atoms with Crippen LogP contribution in [0.4, 0.5) is 11.4 Å². The number of benzene rings is 1. The molecule has 0 spiro atoms. The Kier molecular flexibility index (Phi) is 2.73. The summed E-state index contributed by atoms with van der Waals surface area (Å²) in [6.07, 6.45) is 2.50. The van der Waals surface area contributed by atoms with Crippen LogP contribution in [0.25, 0.3) is 0 Å². The third-order valence-electron chi connectivity index (χ3n) is 4.24. The fourth-order valence-electron chi connectivity index (χ4n) is 2.80. The van der Waals surface area contributed by atoms with Crippen molar-refractivity contribution in [2.45, 2.75) is 26.7 Å². The van der Waals surface area contributed by atoms with Gasteiger partial charge in [-0.2, -0.15) is 0 Å². The molecule has 0 aromatic heterocycles. The van der Waals surface area contributed by atoms with Gasteiger partial charge in [0.2, 0.25) is 0 Å². The Morgan fingerprint density at radius 3 is 2.88 bits per heavy atom. The fraction of sp³-hybridized carbons (Fsp3) is 0.600. The highest BCUT2D eigenvalue weighted by atomic mass is 15.2. The first kappa shape index (κ1) is 10.9. The van der Waals surface area contributed by atoms with E-state index in [0.717, 1.165) is 18.4 Å². The van der Waals surface area contributed by atoms with E-state index in [1.54, 1.807) is 0 Å². The molecule has 0 atom stereocenters. The van der Waals surface area contributed by atoms with E-state index in [-0.39, 0.29) is 0 Å². The van der Waals surface area contributed by atoms with E-state index < -0.39 is 0 Å². The van der Waals surface area contributed by atoms with Crippen molar-refractivity contribution in [2.24, 2.45) is 11.8 Å². The normalized spacial score (nSPS) is 19.8. The topological polar surface area (TPSA) is 15.3 Å². The van der Waals surface area contributed by atoms with E-state index in [9.17, 15) is 0 Å². The van der Waals surface area contributed by atoms with Crippen LogP contribution in [0.2, 0.25) is 0 Å². The van der Waals surface area contributed by atoms with Crippen LogP contribution < -0.4 is 10.2 Å². The van der Waals surface area contributed by atoms with Crippen molar-refractivity contribution in [3.63, 3.8) is 0 Å². The van der Waals surface area contributed by atoms with Gasteiger partial charge in [0.25, 0.3) is 0 Å². The van der Waals surface area contributed by atoms with E-state index in [2.05, 4.69) is 42.3 Å². The summed E-state index contributed by atoms with van der Waals surface area (Å²) in [5.41, 5.74) is 4.27. The molecule has 2 heterocycles. The minimum atomic E-state index is 0.825. The summed E-state index contributed by atoms with van der Waals surface area (Å²) < 4.78 is 0. The van der Waals surface area contributed by atoms with E-state index in [1.165, 1.54) is 42.9 Å². The van der Waals surface area contributed by atoms with E-state index >= 15 is 0 Å². The largest absolute Gasteiger partial charge is 0.385 e. The summed E-state index contributed by atoms with van der Waals surface area (Å²) in [5, 5.41) is 3.47. The summed E-state index contributed by atoms with van der Waals surface area (Å²) in [6, 6.07) is 6.91. The lowest BCUT2D eigenvalue weighted by molar-refractivity contribution is 0.310. The molecule has 0 bridgehead atoms. The number of nitrogens with one attached hydrogen (secondary N) is 1. The molecule has 2 aliphatic heterocycles. The molecule has 2 heteroatoms. The number of rotatable bonds is 2. The van der Waals surface area contributed by atoms with Gasteiger partial charge in [0, 0.05) is 31.0 Å². The molecule has 92 valence electrons. The second-order valence-electron chi connectivity index (χ2n) is 5.78. The van der Waals surface area contributed by atoms with Crippen molar-refractivity contribution < 1.29 is 0 Å². The molecule has 0 radical (unpaired) electrons. The molecule has 1 aromatic carbocycles. The molecule has 0 unspecified atom stereocenters. The van der Waals surface area contributed by atoms with E-state index in [4.69, 9.17) is 0 Å². The monoisotopic (exact) mass is 230 g/mol. The Labute approximate surface area is 104 Å². The van der Waals surface area contributed by atoms with Crippen LogP contribution in [-0.2, 0) is 6.42 Å². The van der Waals surface area contributed by atoms with Gasteiger partial charge in [-0.25, -0.2) is 0 Å². The molecule has 17 heavy (non-hydrogen) atoms. The van der Waals surface area contributed by atoms with Crippen LogP contribution in [0.1, 0.15) is 25.8 Å². The highest BCUT2D eigenvalue weighted by Crippen LogP contribution is 2.32. The molecular weight excluding hydrogens is 208 g/mol. The van der Waals surface area contributed by atoms with Gasteiger partial charge in [-0.1, -0.05) is 13.8 Å². The number of hydrogen-bond acceptors (Lipinski definition) is 2. The maximum atomic E-state index is 3.47. The number of aryl methyl sites for hydroxylation is 1. The lowest BCUT2D eigenvalue weighted by Gasteiger charge is -2.43. The summed E-state index contributed by atoms with van der Waals surface area (Å²) in [6.45, 7) is 8.27. The van der Waals surface area contributed by atoms with Gasteiger partial charge in [-0.05, 0) is 48.4 Å². The summed E-state index contributed by atoms with van der Waals surface area (Å²) >= 11 is 0. The van der Waals surface area contributed by atoms with Gasteiger partial charge in [0.1, 0.15) is 0 Å². The number of anilines is 2. The van der Waals surface area contributed by atoms with Crippen molar-refractivity contribution in [3.05, 3.63) is 23.8 Å². The second kappa shape index (κ2) is 4.25. The third-order valence-corrected chi connectivity index (χ3v) is 4.24. The third kappa shape index (κ3) is 2.01. The minimum Gasteiger partial charge on any atom is -0.385 e. The molecule has 1 fully saturated rings. The lowest BCUT2D eigenvalue weighted by atomic mass is 9.87. The zero-order valence-corrected chi connectivity index (χ0v) is 10.9. The average Bonchev–Trinajstić information content (AvgIpc) is 2.26. The lowest BCUT2D eigenvalue weighted by Crippen LogP contribution is -2.49. The van der Waals surface area contributed by atoms with Gasteiger partial charge in [0.15, 0.2) is 0 Å². The van der Waals surface area contributed by atoms with Crippen molar-refractivity contribution in [1.29, 1.82) is 0 Å². The van der Waals surface area contributed by atoms with Crippen molar-refractivity contribution in [2.75, 3.05) is 29.9 Å². The maximum Gasteiger partial charge on any atom is 0.0374 e. The molecule has 1 aromatic rings. The Morgan fingerprint density at radius 2 is 2.12 bits per heavy atom. The van der Waals surface area contributed by atoms with Crippen LogP contribution in [0.5, 0.6) is 0 Å². The molecule has 0 saturated carbocycles. The predicted octanol–water partition coefficient (Wildman–Crippen LogP) is 3.14. The first-order valence-corrected chi connectivity index (χ1v) is 6.86. The highest BCUT2D eigenvalue weighted by Gasteiger charge is 2.29. The molecule has 2 nitrogen and oxygen atoms in total. The van der Waals surface area contributed by atoms with Gasteiger partial charge in [-0.15, -0.1) is 0 Å². The molecule has 0 aliphatic carbocycles. The SMILES string of the molecule is CC(C)C1CN(c2ccc3c(c2)CCCN3)C1. The Hall–Kier alpha value is -1.18. The van der Waals surface area contributed by atoms with Crippen LogP contribution >= 0.6 is 0 Å². The summed E-state index contributed by atoms with van der Waals surface area (Å²) in [4.78, 5) is 2.51. The standard InChI is InChI=1S/C15H22N2/c1-11(2)13-9-17(10-13)14-5-6-15-12(8-14)4-3-7-16-15/h5-6,8,11,13,16H,3-4,7,9-10H2,1-2H3. The molecule has 1 N–H and O–H groups in total. The number of hydrogen-bond donors (Lipinski definition) is 1. The zero-order valence-electron chi connectivity index (χ0n) is 10.9.